The van der Waals surface area contributed by atoms with Gasteiger partial charge in [-0.2, -0.15) is 4.31 Å². The third-order valence-corrected chi connectivity index (χ3v) is 7.67. The van der Waals surface area contributed by atoms with E-state index in [1.54, 1.807) is 54.6 Å². The Kier molecular flexibility index (Phi) is 5.92. The highest BCUT2D eigenvalue weighted by Gasteiger charge is 2.41. The van der Waals surface area contributed by atoms with Crippen LogP contribution in [-0.4, -0.2) is 49.7 Å². The lowest BCUT2D eigenvalue weighted by atomic mass is 10.1. The van der Waals surface area contributed by atoms with Crippen LogP contribution in [0.15, 0.2) is 59.5 Å². The summed E-state index contributed by atoms with van der Waals surface area (Å²) in [5.74, 6) is -0.550. The molecule has 1 N–H and O–H groups in total. The lowest BCUT2D eigenvalue weighted by molar-refractivity contribution is -0.121. The Bertz CT molecular complexity index is 1040. The van der Waals surface area contributed by atoms with E-state index in [1.165, 1.54) is 9.21 Å². The molecular formula is C21H22ClN3O4S. The molecule has 0 bridgehead atoms. The Morgan fingerprint density at radius 1 is 0.933 bits per heavy atom. The van der Waals surface area contributed by atoms with Gasteiger partial charge in [-0.3, -0.25) is 9.59 Å². The third-order valence-electron chi connectivity index (χ3n) is 5.50. The standard InChI is InChI=1S/C21H22ClN3O4S/c22-15-6-8-17(9-7-15)25-20(26)14-19(21(25)27)23-16-10-12-24(13-11-16)30(28,29)18-4-2-1-3-5-18/h1-9,16,19,23H,10-14H2. The first-order valence-electron chi connectivity index (χ1n) is 9.80. The average molecular weight is 448 g/mol. The molecule has 0 aromatic heterocycles. The molecule has 30 heavy (non-hydrogen) atoms. The average Bonchev–Trinajstić information content (AvgIpc) is 3.03. The SMILES string of the molecule is O=C1CC(NC2CCN(S(=O)(=O)c3ccccc3)CC2)C(=O)N1c1ccc(Cl)cc1. The van der Waals surface area contributed by atoms with Crippen molar-refractivity contribution in [3.8, 4) is 0 Å². The summed E-state index contributed by atoms with van der Waals surface area (Å²) in [7, 11) is -3.52. The Morgan fingerprint density at radius 3 is 2.20 bits per heavy atom. The zero-order valence-corrected chi connectivity index (χ0v) is 17.8. The van der Waals surface area contributed by atoms with E-state index < -0.39 is 16.1 Å². The Hall–Kier alpha value is -2.26. The molecule has 1 unspecified atom stereocenters. The van der Waals surface area contributed by atoms with Crippen LogP contribution < -0.4 is 10.2 Å². The van der Waals surface area contributed by atoms with E-state index >= 15 is 0 Å². The molecule has 0 saturated carbocycles. The van der Waals surface area contributed by atoms with E-state index in [0.717, 1.165) is 0 Å². The Morgan fingerprint density at radius 2 is 1.57 bits per heavy atom. The lowest BCUT2D eigenvalue weighted by Crippen LogP contribution is -2.49. The molecule has 158 valence electrons. The predicted octanol–water partition coefficient (Wildman–Crippen LogP) is 2.41. The quantitative estimate of drug-likeness (QED) is 0.711. The van der Waals surface area contributed by atoms with Crippen molar-refractivity contribution < 1.29 is 18.0 Å². The number of carbonyl (C=O) groups excluding carboxylic acids is 2. The molecule has 2 aliphatic heterocycles. The van der Waals surface area contributed by atoms with E-state index in [0.29, 0.717) is 36.6 Å². The Labute approximate surface area is 180 Å². The number of halogens is 1. The maximum absolute atomic E-state index is 12.8. The van der Waals surface area contributed by atoms with E-state index in [-0.39, 0.29) is 29.2 Å². The monoisotopic (exact) mass is 447 g/mol. The van der Waals surface area contributed by atoms with Crippen LogP contribution in [0.2, 0.25) is 5.02 Å². The molecule has 2 aromatic carbocycles. The highest BCUT2D eigenvalue weighted by atomic mass is 35.5. The van der Waals surface area contributed by atoms with Crippen molar-refractivity contribution in [3.63, 3.8) is 0 Å². The fourth-order valence-electron chi connectivity index (χ4n) is 3.91. The summed E-state index contributed by atoms with van der Waals surface area (Å²) in [5.41, 5.74) is 0.502. The van der Waals surface area contributed by atoms with E-state index in [9.17, 15) is 18.0 Å². The molecule has 2 saturated heterocycles. The van der Waals surface area contributed by atoms with Gasteiger partial charge in [0.15, 0.2) is 0 Å². The van der Waals surface area contributed by atoms with Gasteiger partial charge < -0.3 is 5.32 Å². The fourth-order valence-corrected chi connectivity index (χ4v) is 5.53. The second-order valence-corrected chi connectivity index (χ2v) is 9.83. The Balaban J connectivity index is 1.37. The number of benzene rings is 2. The lowest BCUT2D eigenvalue weighted by Gasteiger charge is -2.32. The first-order chi connectivity index (χ1) is 14.4. The molecule has 4 rings (SSSR count). The van der Waals surface area contributed by atoms with Crippen molar-refractivity contribution in [2.24, 2.45) is 0 Å². The highest BCUT2D eigenvalue weighted by molar-refractivity contribution is 7.89. The van der Waals surface area contributed by atoms with E-state index in [4.69, 9.17) is 11.6 Å². The smallest absolute Gasteiger partial charge is 0.251 e. The second-order valence-electron chi connectivity index (χ2n) is 7.46. The van der Waals surface area contributed by atoms with Gasteiger partial charge in [0.05, 0.1) is 23.0 Å². The topological polar surface area (TPSA) is 86.8 Å². The summed E-state index contributed by atoms with van der Waals surface area (Å²) in [5, 5.41) is 3.79. The van der Waals surface area contributed by atoms with Gasteiger partial charge in [0.2, 0.25) is 15.9 Å². The van der Waals surface area contributed by atoms with Gasteiger partial charge in [-0.15, -0.1) is 0 Å². The van der Waals surface area contributed by atoms with Crippen molar-refractivity contribution in [2.45, 2.75) is 36.2 Å². The fraction of sp³-hybridized carbons (Fsp3) is 0.333. The number of piperidine rings is 1. The van der Waals surface area contributed by atoms with Crippen LogP contribution in [0.5, 0.6) is 0 Å². The minimum absolute atomic E-state index is 0.0286. The number of carbonyl (C=O) groups is 2. The summed E-state index contributed by atoms with van der Waals surface area (Å²) >= 11 is 5.88. The minimum atomic E-state index is -3.52. The van der Waals surface area contributed by atoms with Crippen molar-refractivity contribution >= 4 is 39.1 Å². The van der Waals surface area contributed by atoms with Gasteiger partial charge in [-0.05, 0) is 49.2 Å². The number of nitrogens with zero attached hydrogens (tertiary/aromatic N) is 2. The highest BCUT2D eigenvalue weighted by Crippen LogP contribution is 2.26. The van der Waals surface area contributed by atoms with Crippen molar-refractivity contribution in [1.82, 2.24) is 9.62 Å². The maximum Gasteiger partial charge on any atom is 0.251 e. The molecule has 9 heteroatoms. The van der Waals surface area contributed by atoms with Crippen molar-refractivity contribution in [3.05, 3.63) is 59.6 Å². The van der Waals surface area contributed by atoms with Crippen LogP contribution in [0, 0.1) is 0 Å². The van der Waals surface area contributed by atoms with Crippen LogP contribution in [0.25, 0.3) is 0 Å². The normalized spacial score (nSPS) is 21.4. The summed E-state index contributed by atoms with van der Waals surface area (Å²) in [6.45, 7) is 0.731. The zero-order valence-electron chi connectivity index (χ0n) is 16.2. The molecule has 2 fully saturated rings. The predicted molar refractivity (Wildman–Crippen MR) is 114 cm³/mol. The van der Waals surface area contributed by atoms with Crippen LogP contribution in [0.1, 0.15) is 19.3 Å². The molecule has 0 spiro atoms. The first kappa shape index (κ1) is 21.0. The van der Waals surface area contributed by atoms with Gasteiger partial charge in [0.25, 0.3) is 5.91 Å². The van der Waals surface area contributed by atoms with Crippen LogP contribution >= 0.6 is 11.6 Å². The van der Waals surface area contributed by atoms with Gasteiger partial charge >= 0.3 is 0 Å². The molecular weight excluding hydrogens is 426 g/mol. The summed E-state index contributed by atoms with van der Waals surface area (Å²) in [6, 6.07) is 14.3. The molecule has 1 atom stereocenters. The van der Waals surface area contributed by atoms with Crippen LogP contribution in [-0.2, 0) is 19.6 Å². The number of hydrogen-bond acceptors (Lipinski definition) is 5. The molecule has 2 heterocycles. The summed E-state index contributed by atoms with van der Waals surface area (Å²) in [4.78, 5) is 26.7. The molecule has 0 aliphatic carbocycles. The van der Waals surface area contributed by atoms with Crippen molar-refractivity contribution in [2.75, 3.05) is 18.0 Å². The number of imide groups is 1. The third kappa shape index (κ3) is 4.13. The van der Waals surface area contributed by atoms with E-state index in [1.807, 2.05) is 0 Å². The van der Waals surface area contributed by atoms with E-state index in [2.05, 4.69) is 5.32 Å². The number of rotatable bonds is 5. The van der Waals surface area contributed by atoms with Crippen LogP contribution in [0.3, 0.4) is 0 Å². The molecule has 0 radical (unpaired) electrons. The molecule has 2 aliphatic rings. The number of hydrogen-bond donors (Lipinski definition) is 1. The molecule has 2 amide bonds. The number of sulfonamides is 1. The summed E-state index contributed by atoms with van der Waals surface area (Å²) in [6.07, 6.45) is 1.24. The summed E-state index contributed by atoms with van der Waals surface area (Å²) < 4.78 is 27.0. The van der Waals surface area contributed by atoms with Gasteiger partial charge in [-0.25, -0.2) is 13.3 Å². The zero-order chi connectivity index (χ0) is 21.3. The number of anilines is 1. The minimum Gasteiger partial charge on any atom is -0.303 e. The van der Waals surface area contributed by atoms with Gasteiger partial charge in [0.1, 0.15) is 0 Å². The largest absolute Gasteiger partial charge is 0.303 e. The number of nitrogens with one attached hydrogen (secondary N) is 1. The second kappa shape index (κ2) is 8.47. The van der Waals surface area contributed by atoms with Gasteiger partial charge in [-0.1, -0.05) is 29.8 Å². The molecule has 2 aromatic rings. The maximum atomic E-state index is 12.8. The molecule has 7 nitrogen and oxygen atoms in total. The van der Waals surface area contributed by atoms with Crippen LogP contribution in [0.4, 0.5) is 5.69 Å². The van der Waals surface area contributed by atoms with Gasteiger partial charge in [0, 0.05) is 24.2 Å². The first-order valence-corrected chi connectivity index (χ1v) is 11.6. The van der Waals surface area contributed by atoms with Crippen molar-refractivity contribution in [1.29, 1.82) is 0 Å². The number of amides is 2.